The van der Waals surface area contributed by atoms with Crippen LogP contribution in [0, 0.1) is 26.7 Å². The van der Waals surface area contributed by atoms with Gasteiger partial charge in [0.15, 0.2) is 5.78 Å². The first kappa shape index (κ1) is 16.2. The van der Waals surface area contributed by atoms with Crippen molar-refractivity contribution in [3.8, 4) is 0 Å². The molecule has 2 aliphatic heterocycles. The number of hydrogen-bond acceptors (Lipinski definition) is 4. The third-order valence-electron chi connectivity index (χ3n) is 5.78. The van der Waals surface area contributed by atoms with Crippen molar-refractivity contribution >= 4 is 33.9 Å². The minimum atomic E-state index is -0.133. The first-order valence-corrected chi connectivity index (χ1v) is 9.40. The molecule has 5 rings (SSSR count). The molecular weight excluding hydrogens is 334 g/mol. The molecular formula is C23H21N3O. The van der Waals surface area contributed by atoms with E-state index in [1.54, 1.807) is 0 Å². The van der Waals surface area contributed by atoms with E-state index in [9.17, 15) is 4.79 Å². The number of carbonyl (C=O) groups is 1. The largest absolute Gasteiger partial charge is 0.329 e. The lowest BCUT2D eigenvalue weighted by Crippen LogP contribution is -2.32. The summed E-state index contributed by atoms with van der Waals surface area (Å²) in [6, 6.07) is 14.5. The molecule has 0 amide bonds. The zero-order valence-corrected chi connectivity index (χ0v) is 15.8. The Bertz CT molecular complexity index is 1150. The van der Waals surface area contributed by atoms with Crippen LogP contribution in [0.1, 0.15) is 33.6 Å². The van der Waals surface area contributed by atoms with Gasteiger partial charge in [-0.15, -0.1) is 0 Å². The number of Topliss-reactive ketones (excluding diaryl/α,β-unsaturated/α-hetero) is 1. The summed E-state index contributed by atoms with van der Waals surface area (Å²) in [6.07, 6.45) is 0.814. The molecule has 1 fully saturated rings. The molecule has 1 aromatic heterocycles. The zero-order valence-electron chi connectivity index (χ0n) is 15.8. The fourth-order valence-electron chi connectivity index (χ4n) is 4.12. The van der Waals surface area contributed by atoms with Crippen molar-refractivity contribution in [1.82, 2.24) is 4.98 Å². The number of amidine groups is 1. The van der Waals surface area contributed by atoms with Crippen LogP contribution in [0.4, 0.5) is 11.4 Å². The van der Waals surface area contributed by atoms with Crippen molar-refractivity contribution in [3.05, 3.63) is 64.8 Å². The van der Waals surface area contributed by atoms with E-state index in [0.29, 0.717) is 0 Å². The van der Waals surface area contributed by atoms with Crippen LogP contribution in [0.2, 0.25) is 0 Å². The fourth-order valence-corrected chi connectivity index (χ4v) is 4.12. The minimum absolute atomic E-state index is 0.133. The van der Waals surface area contributed by atoms with E-state index in [1.807, 2.05) is 32.0 Å². The predicted octanol–water partition coefficient (Wildman–Crippen LogP) is 4.91. The number of rotatable bonds is 1. The normalized spacial score (nSPS) is 18.5. The SMILES string of the molecule is Cc1ccc2cc(N3CCC4C(=O)c5cc(C)c(C)cc5N=C43)ccc2n1. The number of fused-ring (bicyclic) bond motifs is 3. The molecule has 0 bridgehead atoms. The van der Waals surface area contributed by atoms with Crippen LogP contribution in [0.5, 0.6) is 0 Å². The highest BCUT2D eigenvalue weighted by molar-refractivity contribution is 6.23. The van der Waals surface area contributed by atoms with E-state index in [1.165, 1.54) is 5.56 Å². The summed E-state index contributed by atoms with van der Waals surface area (Å²) in [5, 5.41) is 1.11. The van der Waals surface area contributed by atoms with Gasteiger partial charge in [-0.25, -0.2) is 4.99 Å². The van der Waals surface area contributed by atoms with Crippen molar-refractivity contribution in [1.29, 1.82) is 0 Å². The lowest BCUT2D eigenvalue weighted by atomic mass is 9.90. The number of aliphatic imine (C=N–C) groups is 1. The number of benzene rings is 2. The van der Waals surface area contributed by atoms with Gasteiger partial charge in [-0.2, -0.15) is 0 Å². The second-order valence-corrected chi connectivity index (χ2v) is 7.61. The highest BCUT2D eigenvalue weighted by Crippen LogP contribution is 2.38. The van der Waals surface area contributed by atoms with E-state index >= 15 is 0 Å². The Morgan fingerprint density at radius 2 is 1.81 bits per heavy atom. The van der Waals surface area contributed by atoms with Gasteiger partial charge < -0.3 is 4.90 Å². The Labute approximate surface area is 158 Å². The second-order valence-electron chi connectivity index (χ2n) is 7.61. The lowest BCUT2D eigenvalue weighted by molar-refractivity contribution is 0.0954. The number of hydrogen-bond donors (Lipinski definition) is 0. The van der Waals surface area contributed by atoms with Gasteiger partial charge in [0.2, 0.25) is 0 Å². The van der Waals surface area contributed by atoms with Crippen molar-refractivity contribution < 1.29 is 4.79 Å². The van der Waals surface area contributed by atoms with Crippen LogP contribution in [-0.4, -0.2) is 23.1 Å². The number of anilines is 1. The number of aryl methyl sites for hydroxylation is 3. The molecule has 1 unspecified atom stereocenters. The molecule has 0 N–H and O–H groups in total. The van der Waals surface area contributed by atoms with Gasteiger partial charge in [-0.3, -0.25) is 9.78 Å². The zero-order chi connectivity index (χ0) is 18.7. The summed E-state index contributed by atoms with van der Waals surface area (Å²) in [5.41, 5.74) is 6.98. The minimum Gasteiger partial charge on any atom is -0.329 e. The van der Waals surface area contributed by atoms with Gasteiger partial charge in [0.25, 0.3) is 0 Å². The fraction of sp³-hybridized carbons (Fsp3) is 0.261. The first-order chi connectivity index (χ1) is 13.0. The summed E-state index contributed by atoms with van der Waals surface area (Å²) in [4.78, 5) is 24.8. The summed E-state index contributed by atoms with van der Waals surface area (Å²) >= 11 is 0. The van der Waals surface area contributed by atoms with E-state index in [2.05, 4.69) is 41.1 Å². The third kappa shape index (κ3) is 2.47. The Morgan fingerprint density at radius 1 is 1.00 bits per heavy atom. The van der Waals surface area contributed by atoms with Crippen molar-refractivity contribution in [2.75, 3.05) is 11.4 Å². The van der Waals surface area contributed by atoms with Crippen molar-refractivity contribution in [3.63, 3.8) is 0 Å². The van der Waals surface area contributed by atoms with Crippen LogP contribution in [-0.2, 0) is 0 Å². The molecule has 4 heteroatoms. The monoisotopic (exact) mass is 355 g/mol. The van der Waals surface area contributed by atoms with E-state index in [-0.39, 0.29) is 11.7 Å². The highest BCUT2D eigenvalue weighted by Gasteiger charge is 2.39. The Kier molecular flexibility index (Phi) is 3.44. The number of aromatic nitrogens is 1. The second kappa shape index (κ2) is 5.74. The van der Waals surface area contributed by atoms with Crippen LogP contribution >= 0.6 is 0 Å². The average molecular weight is 355 g/mol. The lowest BCUT2D eigenvalue weighted by Gasteiger charge is -2.25. The number of nitrogens with zero attached hydrogens (tertiary/aromatic N) is 3. The van der Waals surface area contributed by atoms with Gasteiger partial charge in [0, 0.05) is 28.9 Å². The van der Waals surface area contributed by atoms with Crippen molar-refractivity contribution in [2.45, 2.75) is 27.2 Å². The van der Waals surface area contributed by atoms with Gasteiger partial charge in [-0.05, 0) is 74.7 Å². The molecule has 2 aromatic carbocycles. The standard InChI is InChI=1S/C23H21N3O/c1-13-10-19-21(11-14(13)2)25-23-18(22(19)27)8-9-26(23)17-6-7-20-16(12-17)5-4-15(3)24-20/h4-7,10-12,18H,8-9H2,1-3H3. The summed E-state index contributed by atoms with van der Waals surface area (Å²) in [7, 11) is 0. The Morgan fingerprint density at radius 3 is 2.67 bits per heavy atom. The van der Waals surface area contributed by atoms with Gasteiger partial charge in [-0.1, -0.05) is 6.07 Å². The maximum Gasteiger partial charge on any atom is 0.175 e. The molecule has 1 saturated heterocycles. The molecule has 0 radical (unpaired) electrons. The Hall–Kier alpha value is -3.01. The molecule has 1 atom stereocenters. The van der Waals surface area contributed by atoms with Crippen molar-refractivity contribution in [2.24, 2.45) is 10.9 Å². The molecule has 3 heterocycles. The average Bonchev–Trinajstić information content (AvgIpc) is 3.07. The van der Waals surface area contributed by atoms with E-state index in [0.717, 1.165) is 57.9 Å². The quantitative estimate of drug-likeness (QED) is 0.623. The smallest absolute Gasteiger partial charge is 0.175 e. The predicted molar refractivity (Wildman–Crippen MR) is 109 cm³/mol. The van der Waals surface area contributed by atoms with E-state index in [4.69, 9.17) is 4.99 Å². The topological polar surface area (TPSA) is 45.6 Å². The molecule has 3 aromatic rings. The maximum atomic E-state index is 13.1. The molecule has 27 heavy (non-hydrogen) atoms. The first-order valence-electron chi connectivity index (χ1n) is 9.40. The third-order valence-corrected chi connectivity index (χ3v) is 5.78. The van der Waals surface area contributed by atoms with Crippen LogP contribution < -0.4 is 4.90 Å². The molecule has 0 spiro atoms. The number of carbonyl (C=O) groups excluding carboxylic acids is 1. The summed E-state index contributed by atoms with van der Waals surface area (Å²) in [6.45, 7) is 6.93. The van der Waals surface area contributed by atoms with Gasteiger partial charge in [0.1, 0.15) is 5.84 Å². The maximum absolute atomic E-state index is 13.1. The molecule has 134 valence electrons. The van der Waals surface area contributed by atoms with Crippen LogP contribution in [0.3, 0.4) is 0 Å². The molecule has 0 aliphatic carbocycles. The number of ketones is 1. The number of pyridine rings is 1. The summed E-state index contributed by atoms with van der Waals surface area (Å²) < 4.78 is 0. The summed E-state index contributed by atoms with van der Waals surface area (Å²) in [5.74, 6) is 0.959. The van der Waals surface area contributed by atoms with Crippen LogP contribution in [0.25, 0.3) is 10.9 Å². The van der Waals surface area contributed by atoms with Gasteiger partial charge >= 0.3 is 0 Å². The molecule has 4 nitrogen and oxygen atoms in total. The molecule has 0 saturated carbocycles. The van der Waals surface area contributed by atoms with E-state index < -0.39 is 0 Å². The molecule has 2 aliphatic rings. The highest BCUT2D eigenvalue weighted by atomic mass is 16.1. The van der Waals surface area contributed by atoms with Crippen LogP contribution in [0.15, 0.2) is 47.5 Å². The Balaban J connectivity index is 1.61. The van der Waals surface area contributed by atoms with Gasteiger partial charge in [0.05, 0.1) is 17.1 Å².